The van der Waals surface area contributed by atoms with E-state index in [2.05, 4.69) is 5.32 Å². The van der Waals surface area contributed by atoms with E-state index in [4.69, 9.17) is 20.6 Å². The summed E-state index contributed by atoms with van der Waals surface area (Å²) in [6, 6.07) is 7.15. The third-order valence-electron chi connectivity index (χ3n) is 2.94. The monoisotopic (exact) mass is 354 g/mol. The number of sulfonamides is 1. The molecule has 0 aromatic heterocycles. The quantitative estimate of drug-likeness (QED) is 0.343. The summed E-state index contributed by atoms with van der Waals surface area (Å²) < 4.78 is 22.3. The van der Waals surface area contributed by atoms with Crippen LogP contribution in [-0.4, -0.2) is 55.7 Å². The van der Waals surface area contributed by atoms with Crippen molar-refractivity contribution in [3.05, 3.63) is 36.0 Å². The van der Waals surface area contributed by atoms with Gasteiger partial charge in [-0.25, -0.2) is 13.6 Å². The number of rotatable bonds is 8. The Morgan fingerprint density at radius 3 is 2.21 bits per heavy atom. The van der Waals surface area contributed by atoms with E-state index in [0.717, 1.165) is 11.1 Å². The second-order valence-electron chi connectivity index (χ2n) is 4.62. The Balaban J connectivity index is 2.89. The Kier molecular flexibility index (Phi) is 7.34. The summed E-state index contributed by atoms with van der Waals surface area (Å²) in [6.45, 7) is -0.622. The molecule has 0 fully saturated rings. The maximum Gasteiger partial charge on any atom is 0.266 e. The Morgan fingerprint density at radius 1 is 1.25 bits per heavy atom. The molecule has 0 aliphatic carbocycles. The van der Waals surface area contributed by atoms with Crippen molar-refractivity contribution in [1.82, 2.24) is 4.90 Å². The highest BCUT2D eigenvalue weighted by atomic mass is 32.2. The molecule has 0 saturated heterocycles. The van der Waals surface area contributed by atoms with E-state index in [0.29, 0.717) is 5.69 Å². The summed E-state index contributed by atoms with van der Waals surface area (Å²) in [5, 5.41) is 34.6. The zero-order valence-corrected chi connectivity index (χ0v) is 13.5. The second kappa shape index (κ2) is 8.99. The van der Waals surface area contributed by atoms with Crippen molar-refractivity contribution in [2.75, 3.05) is 31.6 Å². The van der Waals surface area contributed by atoms with Gasteiger partial charge in [0.1, 0.15) is 11.6 Å². The van der Waals surface area contributed by atoms with Gasteiger partial charge >= 0.3 is 0 Å². The van der Waals surface area contributed by atoms with Crippen LogP contribution in [0.2, 0.25) is 0 Å². The number of carbonyl (C=O) groups excluding carboxylic acids is 1. The summed E-state index contributed by atoms with van der Waals surface area (Å²) in [5.41, 5.74) is 0.214. The van der Waals surface area contributed by atoms with Gasteiger partial charge in [-0.05, 0) is 24.3 Å². The highest BCUT2D eigenvalue weighted by Gasteiger charge is 2.17. The fourth-order valence-electron chi connectivity index (χ4n) is 1.76. The number of anilines is 1. The van der Waals surface area contributed by atoms with Crippen molar-refractivity contribution in [3.63, 3.8) is 0 Å². The molecule has 5 N–H and O–H groups in total. The molecule has 1 rings (SSSR count). The number of nitriles is 1. The largest absolute Gasteiger partial charge is 0.395 e. The lowest BCUT2D eigenvalue weighted by atomic mass is 10.2. The van der Waals surface area contributed by atoms with Crippen molar-refractivity contribution in [2.45, 2.75) is 4.90 Å². The van der Waals surface area contributed by atoms with E-state index < -0.39 is 15.9 Å². The van der Waals surface area contributed by atoms with Crippen LogP contribution < -0.4 is 10.5 Å². The zero-order valence-electron chi connectivity index (χ0n) is 12.7. The first-order valence-electron chi connectivity index (χ1n) is 6.84. The average Bonchev–Trinajstić information content (AvgIpc) is 2.54. The van der Waals surface area contributed by atoms with Gasteiger partial charge in [-0.3, -0.25) is 4.79 Å². The predicted octanol–water partition coefficient (Wildman–Crippen LogP) is -1.03. The van der Waals surface area contributed by atoms with Gasteiger partial charge in [-0.2, -0.15) is 5.26 Å². The van der Waals surface area contributed by atoms with E-state index in [1.54, 1.807) is 6.07 Å². The van der Waals surface area contributed by atoms with Gasteiger partial charge in [-0.15, -0.1) is 0 Å². The first-order chi connectivity index (χ1) is 11.3. The fourth-order valence-corrected chi connectivity index (χ4v) is 2.28. The molecule has 10 heteroatoms. The van der Waals surface area contributed by atoms with Crippen LogP contribution >= 0.6 is 0 Å². The van der Waals surface area contributed by atoms with E-state index in [1.807, 2.05) is 0 Å². The van der Waals surface area contributed by atoms with Crippen molar-refractivity contribution in [1.29, 1.82) is 5.26 Å². The van der Waals surface area contributed by atoms with Gasteiger partial charge in [0.2, 0.25) is 10.0 Å². The molecule has 1 amide bonds. The van der Waals surface area contributed by atoms with Gasteiger partial charge in [0.25, 0.3) is 5.91 Å². The van der Waals surface area contributed by atoms with E-state index >= 15 is 0 Å². The standard InChI is InChI=1S/C14H18N4O5S/c15-9-11(14(21)18(5-7-19)6-8-20)10-17-12-1-3-13(4-2-12)24(16,22)23/h1-4,10,17,19-20H,5-8H2,(H2,16,22,23)/b11-10-. The molecule has 1 aromatic carbocycles. The Morgan fingerprint density at radius 2 is 1.79 bits per heavy atom. The summed E-state index contributed by atoms with van der Waals surface area (Å²) >= 11 is 0. The van der Waals surface area contributed by atoms with Crippen LogP contribution in [0.3, 0.4) is 0 Å². The molecule has 9 nitrogen and oxygen atoms in total. The minimum absolute atomic E-state index is 0.0124. The Hall–Kier alpha value is -2.45. The summed E-state index contributed by atoms with van der Waals surface area (Å²) in [7, 11) is -3.80. The molecule has 0 aliphatic heterocycles. The third kappa shape index (κ3) is 5.64. The molecule has 0 heterocycles. The molecular weight excluding hydrogens is 336 g/mol. The van der Waals surface area contributed by atoms with Crippen molar-refractivity contribution < 1.29 is 23.4 Å². The number of hydrogen-bond acceptors (Lipinski definition) is 7. The van der Waals surface area contributed by atoms with Crippen LogP contribution in [0.4, 0.5) is 5.69 Å². The summed E-state index contributed by atoms with van der Waals surface area (Å²) in [5.74, 6) is -0.644. The maximum absolute atomic E-state index is 12.1. The predicted molar refractivity (Wildman–Crippen MR) is 85.9 cm³/mol. The zero-order chi connectivity index (χ0) is 18.2. The van der Waals surface area contributed by atoms with Crippen LogP contribution in [-0.2, 0) is 14.8 Å². The van der Waals surface area contributed by atoms with Gasteiger partial charge < -0.3 is 20.4 Å². The average molecular weight is 354 g/mol. The van der Waals surface area contributed by atoms with Crippen LogP contribution in [0.5, 0.6) is 0 Å². The number of carbonyl (C=O) groups is 1. The van der Waals surface area contributed by atoms with Crippen molar-refractivity contribution in [3.8, 4) is 6.07 Å². The lowest BCUT2D eigenvalue weighted by molar-refractivity contribution is -0.127. The van der Waals surface area contributed by atoms with Gasteiger partial charge in [0, 0.05) is 25.0 Å². The first-order valence-corrected chi connectivity index (χ1v) is 8.38. The van der Waals surface area contributed by atoms with Crippen LogP contribution in [0.15, 0.2) is 40.9 Å². The molecule has 0 unspecified atom stereocenters. The van der Waals surface area contributed by atoms with Gasteiger partial charge in [0.15, 0.2) is 0 Å². The molecule has 0 bridgehead atoms. The lowest BCUT2D eigenvalue weighted by Crippen LogP contribution is -2.36. The number of nitrogens with zero attached hydrogens (tertiary/aromatic N) is 2. The van der Waals surface area contributed by atoms with Gasteiger partial charge in [-0.1, -0.05) is 0 Å². The van der Waals surface area contributed by atoms with Crippen LogP contribution in [0, 0.1) is 11.3 Å². The number of amides is 1. The lowest BCUT2D eigenvalue weighted by Gasteiger charge is -2.20. The van der Waals surface area contributed by atoms with Gasteiger partial charge in [0.05, 0.1) is 18.1 Å². The van der Waals surface area contributed by atoms with Crippen LogP contribution in [0.1, 0.15) is 0 Å². The smallest absolute Gasteiger partial charge is 0.266 e. The number of nitrogens with one attached hydrogen (secondary N) is 1. The van der Waals surface area contributed by atoms with Crippen molar-refractivity contribution in [2.24, 2.45) is 5.14 Å². The number of benzene rings is 1. The van der Waals surface area contributed by atoms with E-state index in [-0.39, 0.29) is 36.8 Å². The number of nitrogens with two attached hydrogens (primary N) is 1. The summed E-state index contributed by atoms with van der Waals surface area (Å²) in [6.07, 6.45) is 1.16. The molecule has 0 spiro atoms. The van der Waals surface area contributed by atoms with E-state index in [1.165, 1.54) is 24.3 Å². The first kappa shape index (κ1) is 19.6. The molecule has 0 atom stereocenters. The van der Waals surface area contributed by atoms with Crippen molar-refractivity contribution >= 4 is 21.6 Å². The normalized spacial score (nSPS) is 11.7. The Bertz CT molecular complexity index is 731. The highest BCUT2D eigenvalue weighted by molar-refractivity contribution is 7.89. The minimum atomic E-state index is -3.80. The maximum atomic E-state index is 12.1. The Labute approximate surface area is 139 Å². The van der Waals surface area contributed by atoms with Crippen LogP contribution in [0.25, 0.3) is 0 Å². The molecule has 1 aromatic rings. The molecular formula is C14H18N4O5S. The topological polar surface area (TPSA) is 157 Å². The summed E-state index contributed by atoms with van der Waals surface area (Å²) in [4.78, 5) is 13.2. The minimum Gasteiger partial charge on any atom is -0.395 e. The molecule has 0 aliphatic rings. The van der Waals surface area contributed by atoms with E-state index in [9.17, 15) is 13.2 Å². The molecule has 24 heavy (non-hydrogen) atoms. The second-order valence-corrected chi connectivity index (χ2v) is 6.18. The number of primary sulfonamides is 1. The fraction of sp³-hybridized carbons (Fsp3) is 0.286. The molecule has 0 radical (unpaired) electrons. The highest BCUT2D eigenvalue weighted by Crippen LogP contribution is 2.13. The third-order valence-corrected chi connectivity index (χ3v) is 3.87. The SMILES string of the molecule is N#C/C(=C/Nc1ccc(S(N)(=O)=O)cc1)C(=O)N(CCO)CCO. The molecule has 130 valence electrons. The number of aliphatic hydroxyl groups excluding tert-OH is 2. The number of hydrogen-bond donors (Lipinski definition) is 4. The molecule has 0 saturated carbocycles. The number of aliphatic hydroxyl groups is 2.